The van der Waals surface area contributed by atoms with Crippen LogP contribution in [0.4, 0.5) is 0 Å². The van der Waals surface area contributed by atoms with Crippen LogP contribution in [0.5, 0.6) is 11.5 Å². The molecule has 124 valence electrons. The standard InChI is InChI=1S/C20H22N2O2/c23-20-12-16-10-11-22(14-19(16)21-20)13-15-6-8-18(9-7-15)24-17-4-2-1-3-5-17/h1-9,16,19H,10-14H2,(H,21,23)/t16-,19-/m1/s1. The van der Waals surface area contributed by atoms with Crippen LogP contribution < -0.4 is 10.1 Å². The highest BCUT2D eigenvalue weighted by Gasteiger charge is 2.36. The molecule has 0 saturated carbocycles. The van der Waals surface area contributed by atoms with Gasteiger partial charge in [-0.2, -0.15) is 0 Å². The zero-order chi connectivity index (χ0) is 16.4. The number of para-hydroxylation sites is 1. The zero-order valence-electron chi connectivity index (χ0n) is 13.7. The predicted octanol–water partition coefficient (Wildman–Crippen LogP) is 3.19. The van der Waals surface area contributed by atoms with Crippen LogP contribution in [0.25, 0.3) is 0 Å². The lowest BCUT2D eigenvalue weighted by atomic mass is 9.92. The first-order valence-electron chi connectivity index (χ1n) is 8.60. The number of piperidine rings is 1. The van der Waals surface area contributed by atoms with Crippen LogP contribution in [0.15, 0.2) is 54.6 Å². The van der Waals surface area contributed by atoms with E-state index >= 15 is 0 Å². The molecule has 4 nitrogen and oxygen atoms in total. The first kappa shape index (κ1) is 15.2. The highest BCUT2D eigenvalue weighted by atomic mass is 16.5. The summed E-state index contributed by atoms with van der Waals surface area (Å²) in [7, 11) is 0. The third-order valence-electron chi connectivity index (χ3n) is 4.94. The molecule has 1 amide bonds. The molecule has 4 heteroatoms. The predicted molar refractivity (Wildman–Crippen MR) is 92.9 cm³/mol. The molecular weight excluding hydrogens is 300 g/mol. The fraction of sp³-hybridized carbons (Fsp3) is 0.350. The van der Waals surface area contributed by atoms with Gasteiger partial charge in [0.15, 0.2) is 0 Å². The number of hydrogen-bond donors (Lipinski definition) is 1. The summed E-state index contributed by atoms with van der Waals surface area (Å²) >= 11 is 0. The minimum Gasteiger partial charge on any atom is -0.457 e. The molecule has 2 aromatic rings. The quantitative estimate of drug-likeness (QED) is 0.940. The number of fused-ring (bicyclic) bond motifs is 1. The molecule has 0 bridgehead atoms. The first-order chi connectivity index (χ1) is 11.8. The second kappa shape index (κ2) is 6.65. The maximum absolute atomic E-state index is 11.5. The molecule has 2 atom stereocenters. The van der Waals surface area contributed by atoms with Crippen molar-refractivity contribution in [2.45, 2.75) is 25.4 Å². The maximum Gasteiger partial charge on any atom is 0.220 e. The summed E-state index contributed by atoms with van der Waals surface area (Å²) in [4.78, 5) is 13.9. The van der Waals surface area contributed by atoms with Gasteiger partial charge >= 0.3 is 0 Å². The van der Waals surface area contributed by atoms with Gasteiger partial charge in [-0.25, -0.2) is 0 Å². The number of nitrogens with zero attached hydrogens (tertiary/aromatic N) is 1. The third kappa shape index (κ3) is 3.44. The first-order valence-corrected chi connectivity index (χ1v) is 8.60. The second-order valence-corrected chi connectivity index (χ2v) is 6.72. The minimum absolute atomic E-state index is 0.217. The van der Waals surface area contributed by atoms with Crippen LogP contribution in [0.3, 0.4) is 0 Å². The lowest BCUT2D eigenvalue weighted by Gasteiger charge is -2.34. The summed E-state index contributed by atoms with van der Waals surface area (Å²) in [5.74, 6) is 2.46. The Balaban J connectivity index is 1.35. The second-order valence-electron chi connectivity index (χ2n) is 6.72. The van der Waals surface area contributed by atoms with E-state index in [1.165, 1.54) is 5.56 Å². The van der Waals surface area contributed by atoms with Crippen molar-refractivity contribution in [3.63, 3.8) is 0 Å². The number of ether oxygens (including phenoxy) is 1. The van der Waals surface area contributed by atoms with E-state index in [0.29, 0.717) is 18.4 Å². The Morgan fingerprint density at radius 2 is 1.79 bits per heavy atom. The van der Waals surface area contributed by atoms with Crippen molar-refractivity contribution in [1.29, 1.82) is 0 Å². The molecule has 2 aliphatic rings. The van der Waals surface area contributed by atoms with Gasteiger partial charge in [0.2, 0.25) is 5.91 Å². The minimum atomic E-state index is 0.217. The Hall–Kier alpha value is -2.33. The molecule has 0 aliphatic carbocycles. The van der Waals surface area contributed by atoms with Crippen molar-refractivity contribution in [1.82, 2.24) is 10.2 Å². The molecule has 0 aromatic heterocycles. The van der Waals surface area contributed by atoms with E-state index in [4.69, 9.17) is 4.74 Å². The Morgan fingerprint density at radius 1 is 1.04 bits per heavy atom. The van der Waals surface area contributed by atoms with Gasteiger partial charge in [0.1, 0.15) is 11.5 Å². The van der Waals surface area contributed by atoms with E-state index in [1.54, 1.807) is 0 Å². The van der Waals surface area contributed by atoms with Crippen molar-refractivity contribution in [2.75, 3.05) is 13.1 Å². The van der Waals surface area contributed by atoms with E-state index in [0.717, 1.165) is 37.6 Å². The number of hydrogen-bond acceptors (Lipinski definition) is 3. The molecule has 4 rings (SSSR count). The molecule has 2 fully saturated rings. The topological polar surface area (TPSA) is 41.6 Å². The molecule has 0 radical (unpaired) electrons. The van der Waals surface area contributed by atoms with Crippen LogP contribution in [-0.4, -0.2) is 29.9 Å². The number of carbonyl (C=O) groups excluding carboxylic acids is 1. The molecular formula is C20H22N2O2. The van der Waals surface area contributed by atoms with Gasteiger partial charge in [0.25, 0.3) is 0 Å². The third-order valence-corrected chi connectivity index (χ3v) is 4.94. The normalized spacial score (nSPS) is 23.6. The molecule has 1 N–H and O–H groups in total. The number of likely N-dealkylation sites (tertiary alicyclic amines) is 1. The van der Waals surface area contributed by atoms with Crippen molar-refractivity contribution >= 4 is 5.91 Å². The van der Waals surface area contributed by atoms with Gasteiger partial charge in [-0.15, -0.1) is 0 Å². The van der Waals surface area contributed by atoms with Gasteiger partial charge in [0.05, 0.1) is 0 Å². The monoisotopic (exact) mass is 322 g/mol. The van der Waals surface area contributed by atoms with E-state index in [2.05, 4.69) is 22.3 Å². The molecule has 0 unspecified atom stereocenters. The van der Waals surface area contributed by atoms with E-state index in [-0.39, 0.29) is 5.91 Å². The lowest BCUT2D eigenvalue weighted by Crippen LogP contribution is -2.46. The number of rotatable bonds is 4. The van der Waals surface area contributed by atoms with E-state index in [1.807, 2.05) is 42.5 Å². The van der Waals surface area contributed by atoms with Crippen molar-refractivity contribution in [2.24, 2.45) is 5.92 Å². The number of amides is 1. The summed E-state index contributed by atoms with van der Waals surface area (Å²) in [6.07, 6.45) is 1.82. The van der Waals surface area contributed by atoms with Crippen molar-refractivity contribution < 1.29 is 9.53 Å². The SMILES string of the molecule is O=C1C[C@H]2CCN(Cc3ccc(Oc4ccccc4)cc3)C[C@H]2N1. The Bertz CT molecular complexity index is 699. The summed E-state index contributed by atoms with van der Waals surface area (Å²) in [5.41, 5.74) is 1.28. The summed E-state index contributed by atoms with van der Waals surface area (Å²) in [6, 6.07) is 18.4. The molecule has 0 spiro atoms. The van der Waals surface area contributed by atoms with Crippen LogP contribution in [0, 0.1) is 5.92 Å². The number of nitrogens with one attached hydrogen (secondary N) is 1. The average Bonchev–Trinajstić information content (AvgIpc) is 2.97. The van der Waals surface area contributed by atoms with Gasteiger partial charge in [-0.05, 0) is 48.7 Å². The fourth-order valence-corrected chi connectivity index (χ4v) is 3.67. The zero-order valence-corrected chi connectivity index (χ0v) is 13.7. The lowest BCUT2D eigenvalue weighted by molar-refractivity contribution is -0.119. The molecule has 2 heterocycles. The van der Waals surface area contributed by atoms with Crippen LogP contribution >= 0.6 is 0 Å². The molecule has 2 aromatic carbocycles. The molecule has 24 heavy (non-hydrogen) atoms. The Morgan fingerprint density at radius 3 is 2.58 bits per heavy atom. The summed E-state index contributed by atoms with van der Waals surface area (Å²) < 4.78 is 5.83. The van der Waals surface area contributed by atoms with Gasteiger partial charge < -0.3 is 10.1 Å². The molecule has 2 saturated heterocycles. The van der Waals surface area contributed by atoms with Crippen molar-refractivity contribution in [3.05, 3.63) is 60.2 Å². The molecule has 2 aliphatic heterocycles. The van der Waals surface area contributed by atoms with E-state index in [9.17, 15) is 4.79 Å². The summed E-state index contributed by atoms with van der Waals surface area (Å²) in [5, 5.41) is 3.11. The number of carbonyl (C=O) groups is 1. The Labute approximate surface area is 142 Å². The van der Waals surface area contributed by atoms with Crippen LogP contribution in [0.2, 0.25) is 0 Å². The average molecular weight is 322 g/mol. The fourth-order valence-electron chi connectivity index (χ4n) is 3.67. The van der Waals surface area contributed by atoms with Crippen LogP contribution in [-0.2, 0) is 11.3 Å². The number of benzene rings is 2. The highest BCUT2D eigenvalue weighted by Crippen LogP contribution is 2.27. The summed E-state index contributed by atoms with van der Waals surface area (Å²) in [6.45, 7) is 2.95. The Kier molecular flexibility index (Phi) is 4.22. The van der Waals surface area contributed by atoms with Gasteiger partial charge in [-0.1, -0.05) is 30.3 Å². The maximum atomic E-state index is 11.5. The van der Waals surface area contributed by atoms with Crippen molar-refractivity contribution in [3.8, 4) is 11.5 Å². The van der Waals surface area contributed by atoms with Gasteiger partial charge in [0, 0.05) is 25.6 Å². The van der Waals surface area contributed by atoms with Crippen LogP contribution in [0.1, 0.15) is 18.4 Å². The van der Waals surface area contributed by atoms with Gasteiger partial charge in [-0.3, -0.25) is 9.69 Å². The highest BCUT2D eigenvalue weighted by molar-refractivity contribution is 5.79. The van der Waals surface area contributed by atoms with E-state index < -0.39 is 0 Å². The largest absolute Gasteiger partial charge is 0.457 e. The smallest absolute Gasteiger partial charge is 0.220 e.